The Morgan fingerprint density at radius 2 is 1.74 bits per heavy atom. The van der Waals surface area contributed by atoms with Crippen molar-refractivity contribution in [2.45, 2.75) is 13.3 Å². The van der Waals surface area contributed by atoms with Crippen LogP contribution >= 0.6 is 23.2 Å². The molecule has 0 unspecified atom stereocenters. The molecule has 0 saturated heterocycles. The molecule has 96 valence electrons. The van der Waals surface area contributed by atoms with Gasteiger partial charge in [-0.3, -0.25) is 9.59 Å². The van der Waals surface area contributed by atoms with Crippen molar-refractivity contribution in [3.05, 3.63) is 39.0 Å². The molecule has 0 amide bonds. The first-order chi connectivity index (χ1) is 9.04. The average Bonchev–Trinajstić information content (AvgIpc) is 2.82. The van der Waals surface area contributed by atoms with E-state index in [1.165, 1.54) is 12.1 Å². The van der Waals surface area contributed by atoms with E-state index in [-0.39, 0.29) is 21.9 Å². The third-order valence-corrected chi connectivity index (χ3v) is 3.80. The Balaban J connectivity index is 2.37. The maximum absolute atomic E-state index is 12.1. The van der Waals surface area contributed by atoms with Gasteiger partial charge < -0.3 is 4.52 Å². The number of aromatic nitrogens is 1. The number of carbonyl (C=O) groups is 2. The zero-order valence-corrected chi connectivity index (χ0v) is 11.3. The minimum absolute atomic E-state index is 0.200. The molecule has 1 aromatic heterocycles. The van der Waals surface area contributed by atoms with Crippen molar-refractivity contribution in [1.82, 2.24) is 5.16 Å². The summed E-state index contributed by atoms with van der Waals surface area (Å²) in [5.41, 5.74) is 1.37. The van der Waals surface area contributed by atoms with Crippen LogP contribution in [0.4, 0.5) is 0 Å². The van der Waals surface area contributed by atoms with Crippen LogP contribution in [-0.4, -0.2) is 16.7 Å². The average molecular weight is 296 g/mol. The van der Waals surface area contributed by atoms with Crippen LogP contribution in [0.1, 0.15) is 33.3 Å². The molecule has 2 aromatic rings. The third kappa shape index (κ3) is 1.64. The molecule has 0 spiro atoms. The zero-order chi connectivity index (χ0) is 13.7. The molecule has 0 bridgehead atoms. The predicted molar refractivity (Wildman–Crippen MR) is 70.0 cm³/mol. The van der Waals surface area contributed by atoms with Crippen LogP contribution in [0.5, 0.6) is 0 Å². The standard InChI is InChI=1S/C13H7Cl2NO3/c1-2-9-10-12(18)11(17)5-3-7(14)8(15)4-6(5)13(10)19-16-9/h3-4H,2H2,1H3. The Morgan fingerprint density at radius 1 is 1.11 bits per heavy atom. The number of ketones is 2. The Labute approximate surface area is 118 Å². The quantitative estimate of drug-likeness (QED) is 0.754. The van der Waals surface area contributed by atoms with Gasteiger partial charge >= 0.3 is 0 Å². The fraction of sp³-hybridized carbons (Fsp3) is 0.154. The number of Topliss-reactive ketones (excluding diaryl/α,β-unsaturated/α-hetero) is 2. The molecule has 0 fully saturated rings. The van der Waals surface area contributed by atoms with Crippen molar-refractivity contribution in [2.24, 2.45) is 0 Å². The Kier molecular flexibility index (Phi) is 2.73. The van der Waals surface area contributed by atoms with Gasteiger partial charge in [-0.2, -0.15) is 0 Å². The maximum atomic E-state index is 12.1. The minimum atomic E-state index is -0.612. The molecule has 0 atom stereocenters. The number of hydrogen-bond acceptors (Lipinski definition) is 4. The molecule has 1 heterocycles. The van der Waals surface area contributed by atoms with Gasteiger partial charge in [-0.05, 0) is 18.6 Å². The first kappa shape index (κ1) is 12.4. The highest BCUT2D eigenvalue weighted by molar-refractivity contribution is 6.53. The number of rotatable bonds is 1. The van der Waals surface area contributed by atoms with E-state index in [2.05, 4.69) is 5.16 Å². The summed E-state index contributed by atoms with van der Waals surface area (Å²) in [6.45, 7) is 1.83. The van der Waals surface area contributed by atoms with Crippen molar-refractivity contribution in [1.29, 1.82) is 0 Å². The Bertz CT molecular complexity index is 734. The fourth-order valence-corrected chi connectivity index (χ4v) is 2.47. The van der Waals surface area contributed by atoms with Crippen molar-refractivity contribution >= 4 is 34.8 Å². The highest BCUT2D eigenvalue weighted by Gasteiger charge is 2.36. The predicted octanol–water partition coefficient (Wildman–Crippen LogP) is 3.59. The van der Waals surface area contributed by atoms with Crippen LogP contribution in [0.2, 0.25) is 10.0 Å². The van der Waals surface area contributed by atoms with E-state index in [0.29, 0.717) is 22.7 Å². The van der Waals surface area contributed by atoms with Crippen LogP contribution in [0.25, 0.3) is 11.3 Å². The highest BCUT2D eigenvalue weighted by atomic mass is 35.5. The molecule has 4 nitrogen and oxygen atoms in total. The van der Waals surface area contributed by atoms with Crippen molar-refractivity contribution in [2.75, 3.05) is 0 Å². The molecular formula is C13H7Cl2NO3. The highest BCUT2D eigenvalue weighted by Crippen LogP contribution is 2.39. The number of halogens is 2. The lowest BCUT2D eigenvalue weighted by Gasteiger charge is -2.13. The van der Waals surface area contributed by atoms with E-state index in [1.54, 1.807) is 0 Å². The van der Waals surface area contributed by atoms with Gasteiger partial charge in [0.2, 0.25) is 11.6 Å². The summed E-state index contributed by atoms with van der Waals surface area (Å²) in [4.78, 5) is 24.2. The molecule has 6 heteroatoms. The van der Waals surface area contributed by atoms with Crippen LogP contribution in [0.15, 0.2) is 16.7 Å². The molecule has 3 rings (SSSR count). The third-order valence-electron chi connectivity index (χ3n) is 3.08. The summed E-state index contributed by atoms with van der Waals surface area (Å²) in [7, 11) is 0. The lowest BCUT2D eigenvalue weighted by Crippen LogP contribution is -2.21. The lowest BCUT2D eigenvalue weighted by atomic mass is 9.87. The molecule has 0 radical (unpaired) electrons. The summed E-state index contributed by atoms with van der Waals surface area (Å²) < 4.78 is 5.19. The molecule has 1 aliphatic carbocycles. The van der Waals surface area contributed by atoms with Gasteiger partial charge in [0.25, 0.3) is 0 Å². The maximum Gasteiger partial charge on any atom is 0.239 e. The molecule has 19 heavy (non-hydrogen) atoms. The van der Waals surface area contributed by atoms with Crippen LogP contribution in [0.3, 0.4) is 0 Å². The van der Waals surface area contributed by atoms with Gasteiger partial charge in [0.05, 0.1) is 21.3 Å². The molecular weight excluding hydrogens is 289 g/mol. The molecule has 1 aromatic carbocycles. The Morgan fingerprint density at radius 3 is 2.37 bits per heavy atom. The first-order valence-electron chi connectivity index (χ1n) is 5.61. The van der Waals surface area contributed by atoms with Crippen molar-refractivity contribution < 1.29 is 14.1 Å². The second-order valence-electron chi connectivity index (χ2n) is 4.16. The lowest BCUT2D eigenvalue weighted by molar-refractivity contribution is 0.0814. The normalized spacial score (nSPS) is 13.4. The number of nitrogens with zero attached hydrogens (tertiary/aromatic N) is 1. The van der Waals surface area contributed by atoms with Gasteiger partial charge in [0.15, 0.2) is 5.76 Å². The van der Waals surface area contributed by atoms with E-state index in [9.17, 15) is 9.59 Å². The topological polar surface area (TPSA) is 60.2 Å². The Hall–Kier alpha value is -1.65. The van der Waals surface area contributed by atoms with Crippen LogP contribution < -0.4 is 0 Å². The van der Waals surface area contributed by atoms with Crippen molar-refractivity contribution in [3.8, 4) is 11.3 Å². The minimum Gasteiger partial charge on any atom is -0.355 e. The first-order valence-corrected chi connectivity index (χ1v) is 6.37. The second-order valence-corrected chi connectivity index (χ2v) is 4.97. The van der Waals surface area contributed by atoms with Gasteiger partial charge in [0.1, 0.15) is 0 Å². The van der Waals surface area contributed by atoms with Gasteiger partial charge in [-0.25, -0.2) is 0 Å². The van der Waals surface area contributed by atoms with E-state index >= 15 is 0 Å². The monoisotopic (exact) mass is 295 g/mol. The SMILES string of the molecule is CCc1noc2c1C(=O)C(=O)c1cc(Cl)c(Cl)cc1-2. The van der Waals surface area contributed by atoms with Gasteiger partial charge in [0, 0.05) is 11.1 Å². The summed E-state index contributed by atoms with van der Waals surface area (Å²) in [5, 5.41) is 4.34. The van der Waals surface area contributed by atoms with Gasteiger partial charge in [-0.1, -0.05) is 35.3 Å². The molecule has 0 aliphatic heterocycles. The summed E-state index contributed by atoms with van der Waals surface area (Å²) in [6.07, 6.45) is 0.508. The zero-order valence-electron chi connectivity index (χ0n) is 9.79. The van der Waals surface area contributed by atoms with Crippen LogP contribution in [0, 0.1) is 0 Å². The number of carbonyl (C=O) groups excluding carboxylic acids is 2. The van der Waals surface area contributed by atoms with E-state index in [1.807, 2.05) is 6.92 Å². The summed E-state index contributed by atoms with van der Waals surface area (Å²) in [6, 6.07) is 2.91. The summed E-state index contributed by atoms with van der Waals surface area (Å²) >= 11 is 11.8. The molecule has 1 aliphatic rings. The van der Waals surface area contributed by atoms with Crippen molar-refractivity contribution in [3.63, 3.8) is 0 Å². The molecule has 0 saturated carbocycles. The van der Waals surface area contributed by atoms with Gasteiger partial charge in [-0.15, -0.1) is 0 Å². The fourth-order valence-electron chi connectivity index (χ4n) is 2.14. The number of fused-ring (bicyclic) bond motifs is 3. The number of benzene rings is 1. The van der Waals surface area contributed by atoms with Crippen LogP contribution in [-0.2, 0) is 6.42 Å². The largest absolute Gasteiger partial charge is 0.355 e. The molecule has 0 N–H and O–H groups in total. The smallest absolute Gasteiger partial charge is 0.239 e. The number of hydrogen-bond donors (Lipinski definition) is 0. The van der Waals surface area contributed by atoms with E-state index in [4.69, 9.17) is 27.7 Å². The number of aryl methyl sites for hydroxylation is 1. The van der Waals surface area contributed by atoms with E-state index in [0.717, 1.165) is 0 Å². The summed E-state index contributed by atoms with van der Waals surface area (Å²) in [5.74, 6) is -0.937. The second kappa shape index (κ2) is 4.18. The van der Waals surface area contributed by atoms with E-state index < -0.39 is 11.6 Å².